The van der Waals surface area contributed by atoms with Crippen molar-refractivity contribution in [2.75, 3.05) is 19.5 Å². The first-order chi connectivity index (χ1) is 12.5. The number of anilines is 1. The van der Waals surface area contributed by atoms with Gasteiger partial charge in [0, 0.05) is 17.2 Å². The number of carbonyl (C=O) groups is 1. The number of carbonyl (C=O) groups excluding carboxylic acids is 1. The Morgan fingerprint density at radius 3 is 2.15 bits per heavy atom. The van der Waals surface area contributed by atoms with Crippen LogP contribution >= 0.6 is 0 Å². The Labute approximate surface area is 149 Å². The molecular formula is C19H17NO6. The molecule has 7 nitrogen and oxygen atoms in total. The van der Waals surface area contributed by atoms with Crippen LogP contribution in [0.2, 0.25) is 0 Å². The number of ether oxygens (including phenoxy) is 2. The summed E-state index contributed by atoms with van der Waals surface area (Å²) in [5, 5.41) is 22.7. The van der Waals surface area contributed by atoms with Crippen LogP contribution in [-0.2, 0) is 0 Å². The summed E-state index contributed by atoms with van der Waals surface area (Å²) in [5.41, 5.74) is 0.793. The fourth-order valence-corrected chi connectivity index (χ4v) is 2.40. The summed E-state index contributed by atoms with van der Waals surface area (Å²) in [6.07, 6.45) is 0. The standard InChI is InChI=1S/C19H17NO6/c1-24-13-8-12(9-14(10-13)25-2)17-15(21)16(22)19(26-17)20-18(23)11-6-4-3-5-7-11/h3-10,21-22H,1-2H3,(H,20,23). The van der Waals surface area contributed by atoms with E-state index in [4.69, 9.17) is 13.9 Å². The predicted molar refractivity (Wildman–Crippen MR) is 95.0 cm³/mol. The molecule has 3 N–H and O–H groups in total. The molecule has 1 amide bonds. The van der Waals surface area contributed by atoms with Crippen molar-refractivity contribution in [1.82, 2.24) is 0 Å². The summed E-state index contributed by atoms with van der Waals surface area (Å²) in [4.78, 5) is 12.2. The smallest absolute Gasteiger partial charge is 0.258 e. The van der Waals surface area contributed by atoms with Crippen molar-refractivity contribution in [3.8, 4) is 34.3 Å². The third kappa shape index (κ3) is 3.27. The Morgan fingerprint density at radius 1 is 0.962 bits per heavy atom. The van der Waals surface area contributed by atoms with Gasteiger partial charge in [0.15, 0.2) is 5.76 Å². The molecule has 0 unspecified atom stereocenters. The monoisotopic (exact) mass is 355 g/mol. The first-order valence-electron chi connectivity index (χ1n) is 7.68. The molecule has 134 valence electrons. The zero-order chi connectivity index (χ0) is 18.7. The maximum absolute atomic E-state index is 12.2. The molecule has 1 heterocycles. The van der Waals surface area contributed by atoms with Crippen LogP contribution in [0.5, 0.6) is 23.0 Å². The van der Waals surface area contributed by atoms with Crippen LogP contribution in [0.25, 0.3) is 11.3 Å². The lowest BCUT2D eigenvalue weighted by Crippen LogP contribution is -2.11. The van der Waals surface area contributed by atoms with Crippen molar-refractivity contribution in [1.29, 1.82) is 0 Å². The normalized spacial score (nSPS) is 10.4. The van der Waals surface area contributed by atoms with E-state index in [0.29, 0.717) is 22.6 Å². The average Bonchev–Trinajstić information content (AvgIpc) is 2.96. The number of aromatic hydroxyl groups is 2. The third-order valence-electron chi connectivity index (χ3n) is 3.74. The Bertz CT molecular complexity index is 910. The molecule has 26 heavy (non-hydrogen) atoms. The second kappa shape index (κ2) is 7.10. The highest BCUT2D eigenvalue weighted by atomic mass is 16.5. The van der Waals surface area contributed by atoms with Crippen LogP contribution in [0.15, 0.2) is 52.9 Å². The van der Waals surface area contributed by atoms with Gasteiger partial charge in [-0.25, -0.2) is 0 Å². The Morgan fingerprint density at radius 2 is 1.58 bits per heavy atom. The summed E-state index contributed by atoms with van der Waals surface area (Å²) < 4.78 is 15.8. The van der Waals surface area contributed by atoms with Gasteiger partial charge in [-0.05, 0) is 24.3 Å². The Hall–Kier alpha value is -3.61. The van der Waals surface area contributed by atoms with Crippen LogP contribution in [0.3, 0.4) is 0 Å². The third-order valence-corrected chi connectivity index (χ3v) is 3.74. The van der Waals surface area contributed by atoms with Crippen LogP contribution in [0.1, 0.15) is 10.4 Å². The van der Waals surface area contributed by atoms with E-state index in [9.17, 15) is 15.0 Å². The number of methoxy groups -OCH3 is 2. The second-order valence-electron chi connectivity index (χ2n) is 5.38. The maximum atomic E-state index is 12.2. The molecule has 1 aromatic heterocycles. The van der Waals surface area contributed by atoms with Gasteiger partial charge in [-0.1, -0.05) is 18.2 Å². The second-order valence-corrected chi connectivity index (χ2v) is 5.38. The lowest BCUT2D eigenvalue weighted by molar-refractivity contribution is 0.102. The first-order valence-corrected chi connectivity index (χ1v) is 7.68. The molecule has 0 saturated heterocycles. The van der Waals surface area contributed by atoms with Gasteiger partial charge in [-0.3, -0.25) is 10.1 Å². The minimum Gasteiger partial charge on any atom is -0.502 e. The van der Waals surface area contributed by atoms with Crippen molar-refractivity contribution >= 4 is 11.8 Å². The summed E-state index contributed by atoms with van der Waals surface area (Å²) in [5.74, 6) is -0.871. The molecule has 0 aliphatic heterocycles. The number of hydrogen-bond acceptors (Lipinski definition) is 6. The van der Waals surface area contributed by atoms with Gasteiger partial charge in [0.25, 0.3) is 5.91 Å². The quantitative estimate of drug-likeness (QED) is 0.646. The summed E-state index contributed by atoms with van der Waals surface area (Å²) in [6.45, 7) is 0. The molecule has 0 saturated carbocycles. The predicted octanol–water partition coefficient (Wildman–Crippen LogP) is 3.63. The molecule has 0 aliphatic rings. The highest BCUT2D eigenvalue weighted by Crippen LogP contribution is 2.46. The first kappa shape index (κ1) is 17.2. The van der Waals surface area contributed by atoms with Crippen molar-refractivity contribution < 1.29 is 28.9 Å². The van der Waals surface area contributed by atoms with E-state index in [-0.39, 0.29) is 11.6 Å². The SMILES string of the molecule is COc1cc(OC)cc(-c2oc(NC(=O)c3ccccc3)c(O)c2O)c1. The van der Waals surface area contributed by atoms with E-state index < -0.39 is 17.4 Å². The van der Waals surface area contributed by atoms with E-state index in [1.54, 1.807) is 48.5 Å². The van der Waals surface area contributed by atoms with Crippen molar-refractivity contribution in [3.63, 3.8) is 0 Å². The number of nitrogens with one attached hydrogen (secondary N) is 1. The molecule has 0 spiro atoms. The van der Waals surface area contributed by atoms with E-state index in [1.165, 1.54) is 14.2 Å². The number of rotatable bonds is 5. The Balaban J connectivity index is 1.96. The maximum Gasteiger partial charge on any atom is 0.258 e. The molecule has 2 aromatic carbocycles. The van der Waals surface area contributed by atoms with Gasteiger partial charge >= 0.3 is 0 Å². The summed E-state index contributed by atoms with van der Waals surface area (Å²) >= 11 is 0. The average molecular weight is 355 g/mol. The summed E-state index contributed by atoms with van der Waals surface area (Å²) in [6, 6.07) is 13.3. The molecule has 3 aromatic rings. The molecule has 0 bridgehead atoms. The molecular weight excluding hydrogens is 338 g/mol. The van der Waals surface area contributed by atoms with Crippen LogP contribution < -0.4 is 14.8 Å². The highest BCUT2D eigenvalue weighted by Gasteiger charge is 2.23. The minimum absolute atomic E-state index is 0.0249. The lowest BCUT2D eigenvalue weighted by atomic mass is 10.1. The zero-order valence-corrected chi connectivity index (χ0v) is 14.1. The fourth-order valence-electron chi connectivity index (χ4n) is 2.40. The van der Waals surface area contributed by atoms with Gasteiger partial charge in [-0.15, -0.1) is 0 Å². The van der Waals surface area contributed by atoms with E-state index in [2.05, 4.69) is 5.32 Å². The van der Waals surface area contributed by atoms with Gasteiger partial charge < -0.3 is 24.1 Å². The van der Waals surface area contributed by atoms with Crippen molar-refractivity contribution in [2.45, 2.75) is 0 Å². The van der Waals surface area contributed by atoms with E-state index in [1.807, 2.05) is 0 Å². The fraction of sp³-hybridized carbons (Fsp3) is 0.105. The molecule has 7 heteroatoms. The topological polar surface area (TPSA) is 101 Å². The number of amides is 1. The van der Waals surface area contributed by atoms with Crippen LogP contribution in [0.4, 0.5) is 5.88 Å². The number of benzene rings is 2. The zero-order valence-electron chi connectivity index (χ0n) is 14.1. The summed E-state index contributed by atoms with van der Waals surface area (Å²) in [7, 11) is 2.98. The van der Waals surface area contributed by atoms with E-state index >= 15 is 0 Å². The van der Waals surface area contributed by atoms with Crippen molar-refractivity contribution in [2.24, 2.45) is 0 Å². The largest absolute Gasteiger partial charge is 0.502 e. The lowest BCUT2D eigenvalue weighted by Gasteiger charge is -2.07. The molecule has 0 atom stereocenters. The van der Waals surface area contributed by atoms with Gasteiger partial charge in [0.05, 0.1) is 14.2 Å². The number of furan rings is 1. The van der Waals surface area contributed by atoms with E-state index in [0.717, 1.165) is 0 Å². The highest BCUT2D eigenvalue weighted by molar-refractivity contribution is 6.04. The Kier molecular flexibility index (Phi) is 4.70. The van der Waals surface area contributed by atoms with Crippen LogP contribution in [0, 0.1) is 0 Å². The molecule has 0 aliphatic carbocycles. The minimum atomic E-state index is -0.564. The molecule has 3 rings (SSSR count). The van der Waals surface area contributed by atoms with Crippen molar-refractivity contribution in [3.05, 3.63) is 54.1 Å². The van der Waals surface area contributed by atoms with Gasteiger partial charge in [0.2, 0.25) is 17.4 Å². The molecule has 0 fully saturated rings. The van der Waals surface area contributed by atoms with Crippen LogP contribution in [-0.4, -0.2) is 30.3 Å². The molecule has 0 radical (unpaired) electrons. The van der Waals surface area contributed by atoms with Gasteiger partial charge in [0.1, 0.15) is 11.5 Å². The number of hydrogen-bond donors (Lipinski definition) is 3. The van der Waals surface area contributed by atoms with Gasteiger partial charge in [-0.2, -0.15) is 0 Å².